The maximum absolute atomic E-state index is 15.0. The Hall–Kier alpha value is -2.08. The van der Waals surface area contributed by atoms with Crippen molar-refractivity contribution < 1.29 is 59.3 Å². The fourth-order valence-corrected chi connectivity index (χ4v) is 6.88. The third-order valence-corrected chi connectivity index (χ3v) is 8.94. The molecule has 13 heteroatoms. The lowest BCUT2D eigenvalue weighted by Crippen LogP contribution is -2.70. The van der Waals surface area contributed by atoms with Gasteiger partial charge in [-0.3, -0.25) is 9.59 Å². The molecule has 4 rings (SSSR count). The van der Waals surface area contributed by atoms with E-state index in [1.165, 1.54) is 13.8 Å². The van der Waals surface area contributed by atoms with Crippen molar-refractivity contribution in [3.63, 3.8) is 0 Å². The minimum absolute atomic E-state index is 0.0575. The fourth-order valence-electron chi connectivity index (χ4n) is 6.88. The molecule has 2 bridgehead atoms. The number of halogens is 7. The molecule has 0 aromatic heterocycles. The first-order valence-electron chi connectivity index (χ1n) is 11.9. The lowest BCUT2D eigenvalue weighted by Gasteiger charge is -2.49. The fraction of sp³-hybridized carbons (Fsp3) is 0.870. The molecule has 0 aromatic carbocycles. The van der Waals surface area contributed by atoms with Gasteiger partial charge >= 0.3 is 30.3 Å². The van der Waals surface area contributed by atoms with Gasteiger partial charge in [0, 0.05) is 11.8 Å². The van der Waals surface area contributed by atoms with E-state index in [2.05, 4.69) is 0 Å². The van der Waals surface area contributed by atoms with Crippen LogP contribution < -0.4 is 0 Å². The van der Waals surface area contributed by atoms with E-state index in [1.807, 2.05) is 0 Å². The summed E-state index contributed by atoms with van der Waals surface area (Å²) in [5, 5.41) is 0. The van der Waals surface area contributed by atoms with Gasteiger partial charge in [-0.1, -0.05) is 13.8 Å². The second kappa shape index (κ2) is 7.96. The van der Waals surface area contributed by atoms with Crippen LogP contribution in [0.1, 0.15) is 65.7 Å². The van der Waals surface area contributed by atoms with E-state index >= 15 is 13.2 Å². The summed E-state index contributed by atoms with van der Waals surface area (Å²) in [7, 11) is 0. The maximum Gasteiger partial charge on any atom is 0.406 e. The molecule has 1 heterocycles. The van der Waals surface area contributed by atoms with Crippen LogP contribution in [0.2, 0.25) is 0 Å². The Bertz CT molecular complexity index is 954. The SMILES string of the molecule is CCC1(OC(=O)C2(C(F)(F)F)C3CC4C(OC(=O)C42C(F)(F)F)C3OC(=O)C(C)(F)CC)CCCC1. The average Bonchev–Trinajstić information content (AvgIpc) is 3.48. The molecule has 4 aliphatic rings. The number of rotatable bonds is 6. The van der Waals surface area contributed by atoms with Crippen LogP contribution in [-0.4, -0.2) is 53.7 Å². The molecule has 0 spiro atoms. The molecule has 0 aromatic rings. The summed E-state index contributed by atoms with van der Waals surface area (Å²) in [6.07, 6.45) is -15.9. The molecule has 36 heavy (non-hydrogen) atoms. The molecule has 7 atom stereocenters. The molecule has 4 fully saturated rings. The highest BCUT2D eigenvalue weighted by molar-refractivity contribution is 5.94. The van der Waals surface area contributed by atoms with Crippen LogP contribution >= 0.6 is 0 Å². The molecular formula is C23H27F7O6. The smallest absolute Gasteiger partial charge is 0.406 e. The number of fused-ring (bicyclic) bond motifs is 1. The van der Waals surface area contributed by atoms with Crippen molar-refractivity contribution in [3.8, 4) is 0 Å². The van der Waals surface area contributed by atoms with Gasteiger partial charge in [-0.05, 0) is 51.9 Å². The van der Waals surface area contributed by atoms with Crippen LogP contribution in [0, 0.1) is 22.7 Å². The Morgan fingerprint density at radius 1 is 1.00 bits per heavy atom. The van der Waals surface area contributed by atoms with Gasteiger partial charge in [-0.2, -0.15) is 26.3 Å². The standard InChI is InChI=1S/C23H27F7O6/c1-4-18(3,24)15(31)34-13-12-10-11-14(13)35-16(32)20(11,22(25,26)27)21(12,23(28,29)30)17(33)36-19(5-2)8-6-7-9-19/h11-14H,4-10H2,1-3H3. The maximum atomic E-state index is 15.0. The summed E-state index contributed by atoms with van der Waals surface area (Å²) >= 11 is 0. The zero-order valence-corrected chi connectivity index (χ0v) is 19.9. The van der Waals surface area contributed by atoms with Gasteiger partial charge in [0.15, 0.2) is 10.8 Å². The van der Waals surface area contributed by atoms with Crippen LogP contribution in [0.25, 0.3) is 0 Å². The summed E-state index contributed by atoms with van der Waals surface area (Å²) in [4.78, 5) is 38.8. The number of carbonyl (C=O) groups is 3. The number of carbonyl (C=O) groups excluding carboxylic acids is 3. The molecule has 6 nitrogen and oxygen atoms in total. The number of esters is 3. The summed E-state index contributed by atoms with van der Waals surface area (Å²) in [6.45, 7) is 3.60. The molecule has 3 saturated carbocycles. The van der Waals surface area contributed by atoms with E-state index in [-0.39, 0.29) is 19.3 Å². The van der Waals surface area contributed by atoms with Crippen molar-refractivity contribution in [3.05, 3.63) is 0 Å². The molecule has 0 radical (unpaired) electrons. The Morgan fingerprint density at radius 2 is 1.58 bits per heavy atom. The Kier molecular flexibility index (Phi) is 5.96. The molecule has 0 N–H and O–H groups in total. The minimum Gasteiger partial charge on any atom is -0.458 e. The summed E-state index contributed by atoms with van der Waals surface area (Å²) in [5.74, 6) is -10.7. The van der Waals surface area contributed by atoms with Crippen molar-refractivity contribution in [1.82, 2.24) is 0 Å². The van der Waals surface area contributed by atoms with Gasteiger partial charge in [-0.15, -0.1) is 0 Å². The van der Waals surface area contributed by atoms with Crippen molar-refractivity contribution in [2.75, 3.05) is 0 Å². The zero-order chi connectivity index (χ0) is 27.1. The molecule has 204 valence electrons. The number of alkyl halides is 7. The predicted octanol–water partition coefficient (Wildman–Crippen LogP) is 4.97. The Balaban J connectivity index is 1.91. The minimum atomic E-state index is -5.95. The second-order valence-corrected chi connectivity index (χ2v) is 10.5. The van der Waals surface area contributed by atoms with Gasteiger partial charge in [-0.25, -0.2) is 9.18 Å². The largest absolute Gasteiger partial charge is 0.458 e. The van der Waals surface area contributed by atoms with Gasteiger partial charge < -0.3 is 14.2 Å². The van der Waals surface area contributed by atoms with Crippen molar-refractivity contribution >= 4 is 17.9 Å². The second-order valence-electron chi connectivity index (χ2n) is 10.5. The highest BCUT2D eigenvalue weighted by atomic mass is 19.4. The first kappa shape index (κ1) is 27.0. The summed E-state index contributed by atoms with van der Waals surface area (Å²) in [6, 6.07) is 0. The lowest BCUT2D eigenvalue weighted by atomic mass is 9.54. The first-order valence-corrected chi connectivity index (χ1v) is 11.9. The topological polar surface area (TPSA) is 78.9 Å². The van der Waals surface area contributed by atoms with Crippen LogP contribution in [0.15, 0.2) is 0 Å². The van der Waals surface area contributed by atoms with Gasteiger partial charge in [0.1, 0.15) is 17.8 Å². The zero-order valence-electron chi connectivity index (χ0n) is 19.9. The van der Waals surface area contributed by atoms with Crippen molar-refractivity contribution in [2.24, 2.45) is 22.7 Å². The molecular weight excluding hydrogens is 505 g/mol. The number of hydrogen-bond donors (Lipinski definition) is 0. The highest BCUT2D eigenvalue weighted by Crippen LogP contribution is 2.79. The quantitative estimate of drug-likeness (QED) is 0.273. The Morgan fingerprint density at radius 3 is 2.06 bits per heavy atom. The summed E-state index contributed by atoms with van der Waals surface area (Å²) in [5.41, 5.74) is -12.8. The van der Waals surface area contributed by atoms with Crippen LogP contribution in [-0.2, 0) is 28.6 Å². The Labute approximate surface area is 202 Å². The van der Waals surface area contributed by atoms with Crippen molar-refractivity contribution in [1.29, 1.82) is 0 Å². The van der Waals surface area contributed by atoms with E-state index in [4.69, 9.17) is 14.2 Å². The lowest BCUT2D eigenvalue weighted by molar-refractivity contribution is -0.341. The van der Waals surface area contributed by atoms with Crippen LogP contribution in [0.5, 0.6) is 0 Å². The molecule has 1 saturated heterocycles. The molecule has 1 aliphatic heterocycles. The first-order chi connectivity index (χ1) is 16.5. The molecule has 0 amide bonds. The normalized spacial score (nSPS) is 38.6. The van der Waals surface area contributed by atoms with Gasteiger partial charge in [0.25, 0.3) is 0 Å². The third kappa shape index (κ3) is 3.12. The number of ether oxygens (including phenoxy) is 3. The van der Waals surface area contributed by atoms with E-state index in [0.29, 0.717) is 12.8 Å². The van der Waals surface area contributed by atoms with Gasteiger partial charge in [0.05, 0.1) is 0 Å². The van der Waals surface area contributed by atoms with Crippen molar-refractivity contribution in [2.45, 2.75) is 102 Å². The van der Waals surface area contributed by atoms with E-state index in [9.17, 15) is 31.9 Å². The van der Waals surface area contributed by atoms with E-state index < -0.39 is 89.2 Å². The van der Waals surface area contributed by atoms with E-state index in [1.54, 1.807) is 0 Å². The van der Waals surface area contributed by atoms with Crippen LogP contribution in [0.4, 0.5) is 30.7 Å². The van der Waals surface area contributed by atoms with E-state index in [0.717, 1.165) is 6.92 Å². The van der Waals surface area contributed by atoms with Gasteiger partial charge in [0.2, 0.25) is 5.67 Å². The highest BCUT2D eigenvalue weighted by Gasteiger charge is 2.98. The average molecular weight is 532 g/mol. The molecule has 7 unspecified atom stereocenters. The third-order valence-electron chi connectivity index (χ3n) is 8.94. The summed E-state index contributed by atoms with van der Waals surface area (Å²) < 4.78 is 119. The van der Waals surface area contributed by atoms with Crippen LogP contribution in [0.3, 0.4) is 0 Å². The predicted molar refractivity (Wildman–Crippen MR) is 106 cm³/mol. The monoisotopic (exact) mass is 532 g/mol. The number of hydrogen-bond acceptors (Lipinski definition) is 6. The molecule has 3 aliphatic carbocycles.